The summed E-state index contributed by atoms with van der Waals surface area (Å²) in [7, 11) is 1.59. The maximum atomic E-state index is 13.0. The first kappa shape index (κ1) is 18.4. The summed E-state index contributed by atoms with van der Waals surface area (Å²) in [6.07, 6.45) is 3.12. The fraction of sp³-hybridized carbons (Fsp3) is 0.0952. The highest BCUT2D eigenvalue weighted by atomic mass is 19.1. The molecule has 0 bridgehead atoms. The molecule has 0 atom stereocenters. The zero-order valence-electron chi connectivity index (χ0n) is 15.5. The highest BCUT2D eigenvalue weighted by molar-refractivity contribution is 5.90. The Morgan fingerprint density at radius 3 is 2.52 bits per heavy atom. The van der Waals surface area contributed by atoms with Gasteiger partial charge in [0.2, 0.25) is 5.91 Å². The molecule has 0 aliphatic rings. The molecule has 1 N–H and O–H groups in total. The van der Waals surface area contributed by atoms with Gasteiger partial charge in [-0.15, -0.1) is 0 Å². The number of fused-ring (bicyclic) bond motifs is 1. The molecule has 2 heterocycles. The smallest absolute Gasteiger partial charge is 0.277 e. The SMILES string of the molecule is COc1ccc(-c2cc3c(=O)n(CC(=O)Nc4ccc(F)cc4)ccn3n2)cc1. The minimum Gasteiger partial charge on any atom is -0.497 e. The van der Waals surface area contributed by atoms with E-state index in [1.807, 2.05) is 24.3 Å². The lowest BCUT2D eigenvalue weighted by molar-refractivity contribution is -0.116. The number of halogens is 1. The first-order chi connectivity index (χ1) is 14.0. The van der Waals surface area contributed by atoms with E-state index in [2.05, 4.69) is 10.4 Å². The van der Waals surface area contributed by atoms with Gasteiger partial charge in [-0.05, 0) is 54.6 Å². The predicted octanol–water partition coefficient (Wildman–Crippen LogP) is 2.95. The van der Waals surface area contributed by atoms with E-state index in [4.69, 9.17) is 4.74 Å². The molecule has 0 aliphatic heterocycles. The number of ether oxygens (including phenoxy) is 1. The van der Waals surface area contributed by atoms with E-state index in [0.29, 0.717) is 16.9 Å². The predicted molar refractivity (Wildman–Crippen MR) is 106 cm³/mol. The zero-order valence-corrected chi connectivity index (χ0v) is 15.5. The lowest BCUT2D eigenvalue weighted by atomic mass is 10.1. The molecule has 2 aromatic heterocycles. The number of carbonyl (C=O) groups excluding carboxylic acids is 1. The van der Waals surface area contributed by atoms with E-state index < -0.39 is 11.7 Å². The highest BCUT2D eigenvalue weighted by Crippen LogP contribution is 2.21. The van der Waals surface area contributed by atoms with Crippen LogP contribution < -0.4 is 15.6 Å². The Morgan fingerprint density at radius 2 is 1.83 bits per heavy atom. The van der Waals surface area contributed by atoms with Crippen molar-refractivity contribution < 1.29 is 13.9 Å². The monoisotopic (exact) mass is 392 g/mol. The van der Waals surface area contributed by atoms with Crippen molar-refractivity contribution in [3.63, 3.8) is 0 Å². The van der Waals surface area contributed by atoms with Crippen molar-refractivity contribution >= 4 is 17.1 Å². The molecule has 8 heteroatoms. The lowest BCUT2D eigenvalue weighted by Gasteiger charge is -2.07. The van der Waals surface area contributed by atoms with Gasteiger partial charge in [-0.3, -0.25) is 9.59 Å². The van der Waals surface area contributed by atoms with Gasteiger partial charge in [0, 0.05) is 23.6 Å². The van der Waals surface area contributed by atoms with E-state index in [0.717, 1.165) is 11.3 Å². The number of benzene rings is 2. The quantitative estimate of drug-likeness (QED) is 0.567. The number of methoxy groups -OCH3 is 1. The summed E-state index contributed by atoms with van der Waals surface area (Å²) in [5.74, 6) is -0.0527. The van der Waals surface area contributed by atoms with Crippen LogP contribution in [0.1, 0.15) is 0 Å². The number of amides is 1. The molecule has 0 fully saturated rings. The molecule has 4 aromatic rings. The van der Waals surface area contributed by atoms with Crippen LogP contribution in [-0.2, 0) is 11.3 Å². The summed E-state index contributed by atoms with van der Waals surface area (Å²) >= 11 is 0. The normalized spacial score (nSPS) is 10.8. The van der Waals surface area contributed by atoms with Gasteiger partial charge in [-0.1, -0.05) is 0 Å². The largest absolute Gasteiger partial charge is 0.497 e. The molecule has 0 saturated heterocycles. The Labute approximate surface area is 165 Å². The molecule has 0 spiro atoms. The number of nitrogens with zero attached hydrogens (tertiary/aromatic N) is 3. The van der Waals surface area contributed by atoms with Crippen LogP contribution in [0.2, 0.25) is 0 Å². The van der Waals surface area contributed by atoms with Gasteiger partial charge in [0.25, 0.3) is 5.56 Å². The fourth-order valence-electron chi connectivity index (χ4n) is 2.94. The second kappa shape index (κ2) is 7.59. The molecule has 146 valence electrons. The third-order valence-electron chi connectivity index (χ3n) is 4.43. The van der Waals surface area contributed by atoms with Crippen molar-refractivity contribution in [2.75, 3.05) is 12.4 Å². The summed E-state index contributed by atoms with van der Waals surface area (Å²) in [5.41, 5.74) is 1.95. The summed E-state index contributed by atoms with van der Waals surface area (Å²) in [4.78, 5) is 25.0. The number of carbonyl (C=O) groups is 1. The maximum Gasteiger partial charge on any atom is 0.277 e. The summed E-state index contributed by atoms with van der Waals surface area (Å²) in [5, 5.41) is 7.06. The zero-order chi connectivity index (χ0) is 20.4. The Balaban J connectivity index is 1.57. The number of rotatable bonds is 5. The van der Waals surface area contributed by atoms with Crippen LogP contribution in [0.15, 0.2) is 71.8 Å². The van der Waals surface area contributed by atoms with E-state index >= 15 is 0 Å². The summed E-state index contributed by atoms with van der Waals surface area (Å²) < 4.78 is 20.9. The molecule has 7 nitrogen and oxygen atoms in total. The first-order valence-electron chi connectivity index (χ1n) is 8.82. The van der Waals surface area contributed by atoms with Crippen LogP contribution in [0.4, 0.5) is 10.1 Å². The number of hydrogen-bond acceptors (Lipinski definition) is 4. The van der Waals surface area contributed by atoms with Gasteiger partial charge in [0.15, 0.2) is 0 Å². The molecular weight excluding hydrogens is 375 g/mol. The minimum atomic E-state index is -0.391. The van der Waals surface area contributed by atoms with Crippen molar-refractivity contribution in [3.05, 3.63) is 83.2 Å². The third kappa shape index (κ3) is 3.86. The molecule has 0 aliphatic carbocycles. The summed E-state index contributed by atoms with van der Waals surface area (Å²) in [6, 6.07) is 14.4. The van der Waals surface area contributed by atoms with E-state index in [1.165, 1.54) is 39.5 Å². The van der Waals surface area contributed by atoms with Crippen molar-refractivity contribution in [1.29, 1.82) is 0 Å². The second-order valence-electron chi connectivity index (χ2n) is 6.37. The van der Waals surface area contributed by atoms with Gasteiger partial charge in [-0.2, -0.15) is 5.10 Å². The van der Waals surface area contributed by atoms with Gasteiger partial charge >= 0.3 is 0 Å². The number of aromatic nitrogens is 3. The fourth-order valence-corrected chi connectivity index (χ4v) is 2.94. The van der Waals surface area contributed by atoms with Gasteiger partial charge < -0.3 is 14.6 Å². The van der Waals surface area contributed by atoms with Crippen LogP contribution in [0.5, 0.6) is 5.75 Å². The third-order valence-corrected chi connectivity index (χ3v) is 4.43. The van der Waals surface area contributed by atoms with Crippen LogP contribution in [0.3, 0.4) is 0 Å². The molecule has 29 heavy (non-hydrogen) atoms. The van der Waals surface area contributed by atoms with Crippen molar-refractivity contribution in [2.45, 2.75) is 6.54 Å². The maximum absolute atomic E-state index is 13.0. The Hall–Kier alpha value is -3.94. The van der Waals surface area contributed by atoms with Crippen LogP contribution in [0, 0.1) is 5.82 Å². The van der Waals surface area contributed by atoms with E-state index in [9.17, 15) is 14.0 Å². The molecule has 1 amide bonds. The lowest BCUT2D eigenvalue weighted by Crippen LogP contribution is -2.28. The standard InChI is InChI=1S/C21H17FN4O3/c1-29-17-8-2-14(3-9-17)18-12-19-21(28)25(10-11-26(19)24-18)13-20(27)23-16-6-4-15(22)5-7-16/h2-12H,13H2,1H3,(H,23,27). The van der Waals surface area contributed by atoms with Crippen molar-refractivity contribution in [1.82, 2.24) is 14.2 Å². The Kier molecular flexibility index (Phi) is 4.82. The Bertz CT molecular complexity index is 1230. The van der Waals surface area contributed by atoms with Gasteiger partial charge in [0.1, 0.15) is 23.6 Å². The highest BCUT2D eigenvalue weighted by Gasteiger charge is 2.11. The van der Waals surface area contributed by atoms with Crippen LogP contribution in [-0.4, -0.2) is 27.2 Å². The van der Waals surface area contributed by atoms with Crippen LogP contribution in [0.25, 0.3) is 16.8 Å². The molecule has 0 unspecified atom stereocenters. The first-order valence-corrected chi connectivity index (χ1v) is 8.82. The summed E-state index contributed by atoms with van der Waals surface area (Å²) in [6.45, 7) is -0.171. The van der Waals surface area contributed by atoms with Crippen LogP contribution >= 0.6 is 0 Å². The molecule has 0 radical (unpaired) electrons. The number of hydrogen-bond donors (Lipinski definition) is 1. The molecular formula is C21H17FN4O3. The van der Waals surface area contributed by atoms with Gasteiger partial charge in [0.05, 0.1) is 12.8 Å². The number of anilines is 1. The molecule has 4 rings (SSSR count). The van der Waals surface area contributed by atoms with Crippen molar-refractivity contribution in [2.24, 2.45) is 0 Å². The minimum absolute atomic E-state index is 0.171. The molecule has 2 aromatic carbocycles. The van der Waals surface area contributed by atoms with E-state index in [1.54, 1.807) is 19.4 Å². The average molecular weight is 392 g/mol. The van der Waals surface area contributed by atoms with Gasteiger partial charge in [-0.25, -0.2) is 8.91 Å². The molecule has 0 saturated carbocycles. The topological polar surface area (TPSA) is 77.6 Å². The Morgan fingerprint density at radius 1 is 1.10 bits per heavy atom. The number of nitrogens with one attached hydrogen (secondary N) is 1. The second-order valence-corrected chi connectivity index (χ2v) is 6.37. The van der Waals surface area contributed by atoms with Crippen molar-refractivity contribution in [3.8, 4) is 17.0 Å². The average Bonchev–Trinajstić information content (AvgIpc) is 3.17. The van der Waals surface area contributed by atoms with E-state index in [-0.39, 0.29) is 12.1 Å².